The topological polar surface area (TPSA) is 86.2 Å². The molecule has 0 heterocycles. The van der Waals surface area contributed by atoms with Crippen molar-refractivity contribution >= 4 is 11.6 Å². The lowest BCUT2D eigenvalue weighted by atomic mass is 10.00. The predicted molar refractivity (Wildman–Crippen MR) is 66.6 cm³/mol. The highest BCUT2D eigenvalue weighted by Gasteiger charge is 2.16. The first-order valence-electron chi connectivity index (χ1n) is 5.62. The van der Waals surface area contributed by atoms with E-state index in [1.807, 2.05) is 6.07 Å². The molecule has 0 aliphatic carbocycles. The third-order valence-corrected chi connectivity index (χ3v) is 2.59. The van der Waals surface area contributed by atoms with Crippen molar-refractivity contribution in [3.63, 3.8) is 0 Å². The van der Waals surface area contributed by atoms with Gasteiger partial charge in [0.2, 0.25) is 0 Å². The minimum absolute atomic E-state index is 0.107. The van der Waals surface area contributed by atoms with Gasteiger partial charge >= 0.3 is 0 Å². The summed E-state index contributed by atoms with van der Waals surface area (Å²) in [4.78, 5) is 23.3. The highest BCUT2D eigenvalue weighted by atomic mass is 16.1. The van der Waals surface area contributed by atoms with E-state index in [-0.39, 0.29) is 36.5 Å². The first-order chi connectivity index (χ1) is 8.00. The van der Waals surface area contributed by atoms with Crippen LogP contribution in [0.25, 0.3) is 0 Å². The number of Topliss-reactive ketones (excluding diaryl/α,β-unsaturated/α-hetero) is 2. The van der Waals surface area contributed by atoms with Crippen LogP contribution >= 0.6 is 0 Å². The molecule has 0 spiro atoms. The Kier molecular flexibility index (Phi) is 5.00. The van der Waals surface area contributed by atoms with Crippen molar-refractivity contribution in [2.45, 2.75) is 31.8 Å². The summed E-state index contributed by atoms with van der Waals surface area (Å²) >= 11 is 0. The van der Waals surface area contributed by atoms with Crippen molar-refractivity contribution in [2.75, 3.05) is 0 Å². The largest absolute Gasteiger partial charge is 0.327 e. The van der Waals surface area contributed by atoms with E-state index in [0.29, 0.717) is 5.56 Å². The van der Waals surface area contributed by atoms with Crippen molar-refractivity contribution in [1.82, 2.24) is 0 Å². The van der Waals surface area contributed by atoms with Crippen molar-refractivity contribution in [3.8, 4) is 0 Å². The Labute approximate surface area is 101 Å². The fourth-order valence-corrected chi connectivity index (χ4v) is 1.43. The van der Waals surface area contributed by atoms with Gasteiger partial charge in [-0.3, -0.25) is 9.59 Å². The molecule has 0 fully saturated rings. The van der Waals surface area contributed by atoms with Crippen LogP contribution in [-0.2, 0) is 4.79 Å². The third kappa shape index (κ3) is 4.46. The second-order valence-corrected chi connectivity index (χ2v) is 4.23. The molecule has 92 valence electrons. The maximum atomic E-state index is 11.7. The number of ketones is 2. The number of rotatable bonds is 6. The fraction of sp³-hybridized carbons (Fsp3) is 0.385. The Bertz CT molecular complexity index is 388. The zero-order valence-corrected chi connectivity index (χ0v) is 9.93. The van der Waals surface area contributed by atoms with Crippen LogP contribution in [0.2, 0.25) is 0 Å². The molecular weight excluding hydrogens is 216 g/mol. The molecular formula is C13H18N2O2. The molecule has 4 N–H and O–H groups in total. The lowest BCUT2D eigenvalue weighted by Gasteiger charge is -2.14. The lowest BCUT2D eigenvalue weighted by molar-refractivity contribution is -0.118. The summed E-state index contributed by atoms with van der Waals surface area (Å²) in [7, 11) is 0. The average molecular weight is 234 g/mol. The number of benzene rings is 1. The molecule has 0 aliphatic rings. The van der Waals surface area contributed by atoms with Crippen LogP contribution < -0.4 is 11.5 Å². The van der Waals surface area contributed by atoms with Gasteiger partial charge in [0.25, 0.3) is 0 Å². The summed E-state index contributed by atoms with van der Waals surface area (Å²) in [6.45, 7) is 1.75. The Hall–Kier alpha value is -1.52. The Morgan fingerprint density at radius 2 is 1.76 bits per heavy atom. The second kappa shape index (κ2) is 6.27. The van der Waals surface area contributed by atoms with Gasteiger partial charge in [0.1, 0.15) is 5.78 Å². The Balaban J connectivity index is 2.50. The molecule has 0 aliphatic heterocycles. The van der Waals surface area contributed by atoms with Crippen LogP contribution in [0.1, 0.15) is 30.1 Å². The van der Waals surface area contributed by atoms with Gasteiger partial charge in [0.05, 0.1) is 6.42 Å². The zero-order chi connectivity index (χ0) is 12.8. The molecule has 0 radical (unpaired) electrons. The predicted octanol–water partition coefficient (Wildman–Crippen LogP) is 0.893. The maximum Gasteiger partial charge on any atom is 0.170 e. The van der Waals surface area contributed by atoms with Gasteiger partial charge < -0.3 is 11.5 Å². The molecule has 4 nitrogen and oxygen atoms in total. The van der Waals surface area contributed by atoms with Gasteiger partial charge in [-0.05, 0) is 6.92 Å². The molecule has 2 unspecified atom stereocenters. The highest BCUT2D eigenvalue weighted by molar-refractivity contribution is 6.08. The SMILES string of the molecule is CC(N)C(N)CC(=O)CC(=O)c1ccccc1. The molecule has 17 heavy (non-hydrogen) atoms. The average Bonchev–Trinajstić information content (AvgIpc) is 2.29. The summed E-state index contributed by atoms with van der Waals surface area (Å²) in [6, 6.07) is 8.13. The highest BCUT2D eigenvalue weighted by Crippen LogP contribution is 2.06. The van der Waals surface area contributed by atoms with Gasteiger partial charge in [-0.15, -0.1) is 0 Å². The molecule has 0 bridgehead atoms. The van der Waals surface area contributed by atoms with Crippen molar-refractivity contribution < 1.29 is 9.59 Å². The number of carbonyl (C=O) groups is 2. The maximum absolute atomic E-state index is 11.7. The molecule has 0 saturated heterocycles. The first kappa shape index (κ1) is 13.5. The molecule has 0 amide bonds. The standard InChI is InChI=1S/C13H18N2O2/c1-9(14)12(15)7-11(16)8-13(17)10-5-3-2-4-6-10/h2-6,9,12H,7-8,14-15H2,1H3. The molecule has 1 rings (SSSR count). The van der Waals surface area contributed by atoms with Crippen LogP contribution in [0.15, 0.2) is 30.3 Å². The summed E-state index contributed by atoms with van der Waals surface area (Å²) < 4.78 is 0. The van der Waals surface area contributed by atoms with E-state index in [4.69, 9.17) is 11.5 Å². The van der Waals surface area contributed by atoms with E-state index < -0.39 is 0 Å². The van der Waals surface area contributed by atoms with Crippen LogP contribution in [-0.4, -0.2) is 23.7 Å². The van der Waals surface area contributed by atoms with Crippen molar-refractivity contribution in [3.05, 3.63) is 35.9 Å². The normalized spacial score (nSPS) is 14.1. The van der Waals surface area contributed by atoms with Crippen molar-refractivity contribution in [2.24, 2.45) is 11.5 Å². The van der Waals surface area contributed by atoms with Gasteiger partial charge in [-0.1, -0.05) is 30.3 Å². The summed E-state index contributed by atoms with van der Waals surface area (Å²) in [5.74, 6) is -0.337. The van der Waals surface area contributed by atoms with E-state index in [2.05, 4.69) is 0 Å². The van der Waals surface area contributed by atoms with E-state index in [9.17, 15) is 9.59 Å². The fourth-order valence-electron chi connectivity index (χ4n) is 1.43. The molecule has 4 heteroatoms. The number of hydrogen-bond donors (Lipinski definition) is 2. The zero-order valence-electron chi connectivity index (χ0n) is 9.93. The van der Waals surface area contributed by atoms with E-state index in [0.717, 1.165) is 0 Å². The minimum Gasteiger partial charge on any atom is -0.327 e. The number of nitrogens with two attached hydrogens (primary N) is 2. The van der Waals surface area contributed by atoms with Gasteiger partial charge in [-0.2, -0.15) is 0 Å². The molecule has 1 aromatic carbocycles. The summed E-state index contributed by atoms with van der Waals surface area (Å²) in [5.41, 5.74) is 11.8. The van der Waals surface area contributed by atoms with E-state index in [1.54, 1.807) is 31.2 Å². The first-order valence-corrected chi connectivity index (χ1v) is 5.62. The number of hydrogen-bond acceptors (Lipinski definition) is 4. The molecule has 2 atom stereocenters. The van der Waals surface area contributed by atoms with Crippen molar-refractivity contribution in [1.29, 1.82) is 0 Å². The Morgan fingerprint density at radius 1 is 1.18 bits per heavy atom. The van der Waals surface area contributed by atoms with Gasteiger partial charge in [0, 0.05) is 24.1 Å². The molecule has 1 aromatic rings. The Morgan fingerprint density at radius 3 is 2.29 bits per heavy atom. The quantitative estimate of drug-likeness (QED) is 0.565. The van der Waals surface area contributed by atoms with E-state index >= 15 is 0 Å². The van der Waals surface area contributed by atoms with Crippen LogP contribution in [0, 0.1) is 0 Å². The lowest BCUT2D eigenvalue weighted by Crippen LogP contribution is -2.40. The minimum atomic E-state index is -0.383. The smallest absolute Gasteiger partial charge is 0.170 e. The molecule has 0 saturated carbocycles. The van der Waals surface area contributed by atoms with Crippen LogP contribution in [0.5, 0.6) is 0 Å². The summed E-state index contributed by atoms with van der Waals surface area (Å²) in [5, 5.41) is 0. The third-order valence-electron chi connectivity index (χ3n) is 2.59. The number of carbonyl (C=O) groups excluding carboxylic acids is 2. The summed E-state index contributed by atoms with van der Waals surface area (Å²) in [6.07, 6.45) is 0.0423. The van der Waals surface area contributed by atoms with Gasteiger partial charge in [0.15, 0.2) is 5.78 Å². The monoisotopic (exact) mass is 234 g/mol. The van der Waals surface area contributed by atoms with Gasteiger partial charge in [-0.25, -0.2) is 0 Å². The van der Waals surface area contributed by atoms with Crippen LogP contribution in [0.4, 0.5) is 0 Å². The molecule has 0 aromatic heterocycles. The second-order valence-electron chi connectivity index (χ2n) is 4.23. The van der Waals surface area contributed by atoms with E-state index in [1.165, 1.54) is 0 Å². The van der Waals surface area contributed by atoms with Crippen LogP contribution in [0.3, 0.4) is 0 Å².